The summed E-state index contributed by atoms with van der Waals surface area (Å²) in [6.45, 7) is 1.81. The quantitative estimate of drug-likeness (QED) is 0.837. The highest BCUT2D eigenvalue weighted by molar-refractivity contribution is 9.10. The van der Waals surface area contributed by atoms with E-state index in [4.69, 9.17) is 9.47 Å². The van der Waals surface area contributed by atoms with Gasteiger partial charge < -0.3 is 19.5 Å². The van der Waals surface area contributed by atoms with Crippen molar-refractivity contribution in [2.45, 2.75) is 12.5 Å². The van der Waals surface area contributed by atoms with Gasteiger partial charge in [-0.05, 0) is 40.7 Å². The number of phenols is 1. The largest absolute Gasteiger partial charge is 0.502 e. The van der Waals surface area contributed by atoms with Crippen LogP contribution in [0.15, 0.2) is 28.7 Å². The molecule has 1 N–H and O–H groups in total. The zero-order valence-electron chi connectivity index (χ0n) is 12.4. The molecule has 0 saturated heterocycles. The fraction of sp³-hybridized carbons (Fsp3) is 0.294. The van der Waals surface area contributed by atoms with Crippen molar-refractivity contribution in [3.8, 4) is 23.0 Å². The number of likely N-dealkylation sites (N-methyl/N-ethyl adjacent to an activating group) is 1. The number of nitrogens with zero attached hydrogens (tertiary/aromatic N) is 1. The summed E-state index contributed by atoms with van der Waals surface area (Å²) in [5.41, 5.74) is 3.51. The average Bonchev–Trinajstić information content (AvgIpc) is 2.51. The lowest BCUT2D eigenvalue weighted by molar-refractivity contribution is 0.277. The second kappa shape index (κ2) is 4.89. The summed E-state index contributed by atoms with van der Waals surface area (Å²) < 4.78 is 12.2. The molecule has 0 amide bonds. The molecule has 1 unspecified atom stereocenters. The summed E-state index contributed by atoms with van der Waals surface area (Å²) in [6, 6.07) is 7.94. The molecule has 0 spiro atoms. The lowest BCUT2D eigenvalue weighted by Crippen LogP contribution is -2.32. The molecule has 22 heavy (non-hydrogen) atoms. The van der Waals surface area contributed by atoms with E-state index >= 15 is 0 Å². The van der Waals surface area contributed by atoms with Gasteiger partial charge in [-0.25, -0.2) is 0 Å². The Labute approximate surface area is 137 Å². The predicted octanol–water partition coefficient (Wildman–Crippen LogP) is 3.85. The summed E-state index contributed by atoms with van der Waals surface area (Å²) in [4.78, 5) is 2.29. The van der Waals surface area contributed by atoms with E-state index in [-0.39, 0.29) is 11.7 Å². The molecule has 1 atom stereocenters. The first kappa shape index (κ1) is 13.9. The van der Waals surface area contributed by atoms with Crippen LogP contribution in [0.4, 0.5) is 0 Å². The number of aromatic hydroxyl groups is 1. The predicted molar refractivity (Wildman–Crippen MR) is 87.1 cm³/mol. The van der Waals surface area contributed by atoms with Crippen LogP contribution in [0.2, 0.25) is 0 Å². The van der Waals surface area contributed by atoms with Crippen LogP contribution in [0, 0.1) is 0 Å². The van der Waals surface area contributed by atoms with Crippen molar-refractivity contribution in [3.63, 3.8) is 0 Å². The third-order valence-electron chi connectivity index (χ3n) is 4.45. The molecule has 0 saturated carbocycles. The number of ether oxygens (including phenoxy) is 2. The smallest absolute Gasteiger partial charge is 0.201 e. The second-order valence-electron chi connectivity index (χ2n) is 5.84. The number of phenolic OH excluding ortho intramolecular Hbond substituents is 1. The lowest BCUT2D eigenvalue weighted by Gasteiger charge is -2.38. The molecule has 2 aliphatic heterocycles. The number of rotatable bonds is 1. The minimum absolute atomic E-state index is 0.0659. The van der Waals surface area contributed by atoms with Gasteiger partial charge >= 0.3 is 0 Å². The normalized spacial score (nSPS) is 19.1. The molecule has 4 rings (SSSR count). The van der Waals surface area contributed by atoms with Gasteiger partial charge in [0.1, 0.15) is 5.75 Å². The van der Waals surface area contributed by atoms with E-state index in [1.807, 2.05) is 12.1 Å². The maximum atomic E-state index is 10.4. The van der Waals surface area contributed by atoms with Gasteiger partial charge in [0.05, 0.1) is 11.6 Å². The molecule has 4 nitrogen and oxygen atoms in total. The van der Waals surface area contributed by atoms with Gasteiger partial charge in [0, 0.05) is 30.1 Å². The van der Waals surface area contributed by atoms with Crippen molar-refractivity contribution >= 4 is 15.9 Å². The van der Waals surface area contributed by atoms with Gasteiger partial charge in [-0.15, -0.1) is 0 Å². The van der Waals surface area contributed by atoms with Crippen molar-refractivity contribution in [3.05, 3.63) is 45.4 Å². The Morgan fingerprint density at radius 2 is 2.09 bits per heavy atom. The first-order valence-corrected chi connectivity index (χ1v) is 7.97. The maximum Gasteiger partial charge on any atom is 0.201 e. The molecule has 5 heteroatoms. The molecule has 114 valence electrons. The van der Waals surface area contributed by atoms with Gasteiger partial charge in [-0.2, -0.15) is 0 Å². The summed E-state index contributed by atoms with van der Waals surface area (Å²) in [5.74, 6) is 2.01. The number of methoxy groups -OCH3 is 1. The van der Waals surface area contributed by atoms with Crippen LogP contribution in [0.3, 0.4) is 0 Å². The monoisotopic (exact) mass is 361 g/mol. The molecule has 2 aromatic rings. The van der Waals surface area contributed by atoms with Gasteiger partial charge in [0.2, 0.25) is 5.75 Å². The first-order chi connectivity index (χ1) is 10.6. The standard InChI is InChI=1S/C17H16BrNO3/c1-19-7-9-3-5-12(18)17-14(9)11(8-19)10-4-6-13(21-2)15(20)16(10)22-17/h3-6,11,20H,7-8H2,1-2H3. The lowest BCUT2D eigenvalue weighted by atomic mass is 9.82. The van der Waals surface area contributed by atoms with Crippen molar-refractivity contribution in [1.82, 2.24) is 4.90 Å². The molecule has 2 aromatic carbocycles. The van der Waals surface area contributed by atoms with Crippen molar-refractivity contribution < 1.29 is 14.6 Å². The maximum absolute atomic E-state index is 10.4. The van der Waals surface area contributed by atoms with Gasteiger partial charge in [-0.3, -0.25) is 0 Å². The summed E-state index contributed by atoms with van der Waals surface area (Å²) in [6.07, 6.45) is 0. The summed E-state index contributed by atoms with van der Waals surface area (Å²) in [5, 5.41) is 10.4. The highest BCUT2D eigenvalue weighted by Gasteiger charge is 2.36. The van der Waals surface area contributed by atoms with Gasteiger partial charge in [-0.1, -0.05) is 12.1 Å². The van der Waals surface area contributed by atoms with E-state index < -0.39 is 0 Å². The average molecular weight is 362 g/mol. The minimum atomic E-state index is 0.0659. The van der Waals surface area contributed by atoms with Crippen molar-refractivity contribution in [2.75, 3.05) is 20.7 Å². The van der Waals surface area contributed by atoms with E-state index in [2.05, 4.69) is 33.9 Å². The molecular formula is C17H16BrNO3. The third kappa shape index (κ3) is 1.85. The van der Waals surface area contributed by atoms with Crippen LogP contribution >= 0.6 is 15.9 Å². The van der Waals surface area contributed by atoms with Crippen LogP contribution < -0.4 is 9.47 Å². The van der Waals surface area contributed by atoms with Crippen LogP contribution in [0.1, 0.15) is 22.6 Å². The Morgan fingerprint density at radius 1 is 1.27 bits per heavy atom. The Bertz CT molecular complexity index is 775. The third-order valence-corrected chi connectivity index (χ3v) is 5.07. The van der Waals surface area contributed by atoms with Gasteiger partial charge in [0.25, 0.3) is 0 Å². The number of fused-ring (bicyclic) bond motifs is 2. The molecule has 0 radical (unpaired) electrons. The Balaban J connectivity index is 1.98. The van der Waals surface area contributed by atoms with Crippen LogP contribution in [0.25, 0.3) is 0 Å². The van der Waals surface area contributed by atoms with Crippen molar-refractivity contribution in [2.24, 2.45) is 0 Å². The van der Waals surface area contributed by atoms with Crippen LogP contribution in [-0.4, -0.2) is 30.7 Å². The van der Waals surface area contributed by atoms with E-state index in [0.717, 1.165) is 28.9 Å². The highest BCUT2D eigenvalue weighted by atomic mass is 79.9. The molecular weight excluding hydrogens is 346 g/mol. The summed E-state index contributed by atoms with van der Waals surface area (Å²) in [7, 11) is 3.66. The molecule has 0 fully saturated rings. The molecule has 0 aromatic heterocycles. The fourth-order valence-electron chi connectivity index (χ4n) is 3.47. The molecule has 2 heterocycles. The Morgan fingerprint density at radius 3 is 2.86 bits per heavy atom. The number of benzene rings is 2. The summed E-state index contributed by atoms with van der Waals surface area (Å²) >= 11 is 3.57. The van der Waals surface area contributed by atoms with E-state index in [1.165, 1.54) is 11.1 Å². The van der Waals surface area contributed by atoms with Crippen LogP contribution in [0.5, 0.6) is 23.0 Å². The van der Waals surface area contributed by atoms with E-state index in [0.29, 0.717) is 11.5 Å². The van der Waals surface area contributed by atoms with Crippen LogP contribution in [-0.2, 0) is 6.54 Å². The minimum Gasteiger partial charge on any atom is -0.502 e. The Hall–Kier alpha value is -1.72. The van der Waals surface area contributed by atoms with E-state index in [9.17, 15) is 5.11 Å². The molecule has 0 aliphatic carbocycles. The van der Waals surface area contributed by atoms with Crippen molar-refractivity contribution in [1.29, 1.82) is 0 Å². The fourth-order valence-corrected chi connectivity index (χ4v) is 3.89. The van der Waals surface area contributed by atoms with E-state index in [1.54, 1.807) is 13.2 Å². The van der Waals surface area contributed by atoms with Gasteiger partial charge in [0.15, 0.2) is 11.5 Å². The number of hydrogen-bond donors (Lipinski definition) is 1. The zero-order valence-corrected chi connectivity index (χ0v) is 14.0. The highest BCUT2D eigenvalue weighted by Crippen LogP contribution is 2.54. The topological polar surface area (TPSA) is 41.9 Å². The SMILES string of the molecule is COc1ccc2c(c1O)Oc1c(Br)ccc3c1C2CN(C)C3. The first-order valence-electron chi connectivity index (χ1n) is 7.17. The molecule has 2 aliphatic rings. The number of halogens is 1. The Kier molecular flexibility index (Phi) is 3.09. The zero-order chi connectivity index (χ0) is 15.4. The number of hydrogen-bond acceptors (Lipinski definition) is 4. The molecule has 0 bridgehead atoms. The second-order valence-corrected chi connectivity index (χ2v) is 6.69.